The molecule has 2 amide bonds. The van der Waals surface area contributed by atoms with Crippen LogP contribution in [0, 0.1) is 13.8 Å². The van der Waals surface area contributed by atoms with Crippen LogP contribution < -0.4 is 22.0 Å². The van der Waals surface area contributed by atoms with Gasteiger partial charge in [0.25, 0.3) is 11.1 Å². The van der Waals surface area contributed by atoms with E-state index >= 15 is 0 Å². The number of hydrogen-bond acceptors (Lipinski definition) is 8. The molecule has 0 saturated carbocycles. The number of rotatable bonds is 11. The zero-order valence-electron chi connectivity index (χ0n) is 28.5. The molecule has 0 bridgehead atoms. The molecule has 12 heteroatoms. The fourth-order valence-electron chi connectivity index (χ4n) is 5.87. The highest BCUT2D eigenvalue weighted by atomic mass is 16.3. The third-order valence-corrected chi connectivity index (χ3v) is 8.61. The Bertz CT molecular complexity index is 2310. The summed E-state index contributed by atoms with van der Waals surface area (Å²) in [5, 5.41) is 32.1. The Balaban J connectivity index is 1.05. The average molecular weight is 697 g/mol. The molecule has 0 atom stereocenters. The zero-order chi connectivity index (χ0) is 36.8. The van der Waals surface area contributed by atoms with Crippen molar-refractivity contribution in [1.29, 1.82) is 0 Å². The van der Waals surface area contributed by atoms with E-state index in [2.05, 4.69) is 21.1 Å². The molecule has 0 fully saturated rings. The summed E-state index contributed by atoms with van der Waals surface area (Å²) >= 11 is 0. The number of nitrogens with zero attached hydrogens (tertiary/aromatic N) is 4. The molecule has 0 radical (unpaired) electrons. The highest BCUT2D eigenvalue weighted by molar-refractivity contribution is 6.03. The number of unbranched alkanes of at least 4 members (excludes halogenated alkanes) is 1. The van der Waals surface area contributed by atoms with Crippen molar-refractivity contribution in [2.24, 2.45) is 10.2 Å². The average Bonchev–Trinajstić information content (AvgIpc) is 3.14. The molecule has 2 aromatic heterocycles. The van der Waals surface area contributed by atoms with Crippen LogP contribution in [0.5, 0.6) is 11.8 Å². The number of benzene rings is 4. The molecular weight excluding hydrogens is 660 g/mol. The molecule has 52 heavy (non-hydrogen) atoms. The number of aromatic nitrogens is 2. The second-order valence-corrected chi connectivity index (χ2v) is 12.3. The molecule has 262 valence electrons. The van der Waals surface area contributed by atoms with Crippen molar-refractivity contribution in [2.45, 2.75) is 39.5 Å². The van der Waals surface area contributed by atoms with Gasteiger partial charge in [-0.05, 0) is 63.1 Å². The summed E-state index contributed by atoms with van der Waals surface area (Å²) in [7, 11) is 0. The van der Waals surface area contributed by atoms with Gasteiger partial charge in [-0.25, -0.2) is 20.0 Å². The van der Waals surface area contributed by atoms with Crippen LogP contribution in [0.3, 0.4) is 0 Å². The number of carbonyl (C=O) groups excluding carboxylic acids is 2. The maximum absolute atomic E-state index is 13.3. The van der Waals surface area contributed by atoms with Gasteiger partial charge in [-0.2, -0.15) is 10.2 Å². The molecular formula is C40H36N6O6. The lowest BCUT2D eigenvalue weighted by atomic mass is 10.1. The number of amides is 2. The van der Waals surface area contributed by atoms with E-state index in [4.69, 9.17) is 0 Å². The maximum Gasteiger partial charge on any atom is 0.265 e. The first-order chi connectivity index (χ1) is 25.1. The number of aromatic hydroxyl groups is 2. The van der Waals surface area contributed by atoms with Gasteiger partial charge in [-0.15, -0.1) is 0 Å². The van der Waals surface area contributed by atoms with Crippen LogP contribution in [0.4, 0.5) is 0 Å². The van der Waals surface area contributed by atoms with E-state index in [1.54, 1.807) is 72.8 Å². The van der Waals surface area contributed by atoms with Gasteiger partial charge in [0.05, 0.1) is 34.9 Å². The van der Waals surface area contributed by atoms with E-state index in [1.807, 2.05) is 38.1 Å². The number of fused-ring (bicyclic) bond motifs is 2. The normalized spacial score (nSPS) is 11.5. The lowest BCUT2D eigenvalue weighted by molar-refractivity contribution is -0.123. The SMILES string of the molecule is Cc1ccc(-n2c(O)c(/C=N/NC(=O)CCCCC(=O)N/N=C/c3c(O)n(-c4ccc(C)cc4)c(=O)c4ccccc34)c3ccccc3c2=O)cc1. The number of hydrazone groups is 2. The molecule has 0 aliphatic heterocycles. The van der Waals surface area contributed by atoms with Crippen LogP contribution in [-0.4, -0.2) is 43.6 Å². The Labute approximate surface area is 298 Å². The molecule has 6 rings (SSSR count). The fraction of sp³-hybridized carbons (Fsp3) is 0.150. The van der Waals surface area contributed by atoms with Crippen molar-refractivity contribution in [3.63, 3.8) is 0 Å². The Morgan fingerprint density at radius 1 is 0.577 bits per heavy atom. The molecule has 0 aliphatic carbocycles. The van der Waals surface area contributed by atoms with Crippen molar-refractivity contribution >= 4 is 45.8 Å². The van der Waals surface area contributed by atoms with Gasteiger partial charge in [-0.1, -0.05) is 71.8 Å². The molecule has 0 spiro atoms. The van der Waals surface area contributed by atoms with Crippen molar-refractivity contribution in [1.82, 2.24) is 20.0 Å². The number of aryl methyl sites for hydroxylation is 2. The minimum absolute atomic E-state index is 0.0872. The van der Waals surface area contributed by atoms with Gasteiger partial charge in [0.15, 0.2) is 0 Å². The molecule has 4 aromatic carbocycles. The Morgan fingerprint density at radius 2 is 0.923 bits per heavy atom. The van der Waals surface area contributed by atoms with Crippen molar-refractivity contribution in [2.75, 3.05) is 0 Å². The molecule has 6 aromatic rings. The fourth-order valence-corrected chi connectivity index (χ4v) is 5.87. The monoisotopic (exact) mass is 696 g/mol. The van der Waals surface area contributed by atoms with Gasteiger partial charge < -0.3 is 10.2 Å². The topological polar surface area (TPSA) is 167 Å². The number of carbonyl (C=O) groups is 2. The van der Waals surface area contributed by atoms with Crippen LogP contribution in [-0.2, 0) is 9.59 Å². The molecule has 0 saturated heterocycles. The summed E-state index contributed by atoms with van der Waals surface area (Å²) in [5.41, 5.74) is 7.64. The highest BCUT2D eigenvalue weighted by Gasteiger charge is 2.18. The summed E-state index contributed by atoms with van der Waals surface area (Å²) in [6.07, 6.45) is 3.56. The van der Waals surface area contributed by atoms with Gasteiger partial charge in [-0.3, -0.25) is 19.2 Å². The lowest BCUT2D eigenvalue weighted by Crippen LogP contribution is -2.21. The summed E-state index contributed by atoms with van der Waals surface area (Å²) in [6, 6.07) is 28.0. The third kappa shape index (κ3) is 7.36. The lowest BCUT2D eigenvalue weighted by Gasteiger charge is -2.14. The van der Waals surface area contributed by atoms with Crippen LogP contribution in [0.2, 0.25) is 0 Å². The van der Waals surface area contributed by atoms with Gasteiger partial charge in [0, 0.05) is 34.4 Å². The molecule has 4 N–H and O–H groups in total. The Morgan fingerprint density at radius 3 is 1.29 bits per heavy atom. The second kappa shape index (κ2) is 15.4. The number of nitrogens with one attached hydrogen (secondary N) is 2. The first kappa shape index (κ1) is 35.0. The maximum atomic E-state index is 13.3. The molecule has 0 aliphatic rings. The number of pyridine rings is 2. The molecule has 12 nitrogen and oxygen atoms in total. The first-order valence-corrected chi connectivity index (χ1v) is 16.7. The molecule has 2 heterocycles. The summed E-state index contributed by atoms with van der Waals surface area (Å²) in [5.74, 6) is -1.40. The Hall–Kier alpha value is -6.82. The van der Waals surface area contributed by atoms with Gasteiger partial charge in [0.2, 0.25) is 23.6 Å². The van der Waals surface area contributed by atoms with E-state index in [-0.39, 0.29) is 46.8 Å². The second-order valence-electron chi connectivity index (χ2n) is 12.3. The van der Waals surface area contributed by atoms with Crippen LogP contribution in [0.25, 0.3) is 32.9 Å². The first-order valence-electron chi connectivity index (χ1n) is 16.7. The van der Waals surface area contributed by atoms with Crippen LogP contribution in [0.1, 0.15) is 47.9 Å². The van der Waals surface area contributed by atoms with Crippen molar-refractivity contribution < 1.29 is 19.8 Å². The quantitative estimate of drug-likeness (QED) is 0.0795. The summed E-state index contributed by atoms with van der Waals surface area (Å²) < 4.78 is 2.41. The summed E-state index contributed by atoms with van der Waals surface area (Å²) in [6.45, 7) is 3.85. The van der Waals surface area contributed by atoms with Crippen LogP contribution in [0.15, 0.2) is 117 Å². The van der Waals surface area contributed by atoms with Crippen molar-refractivity contribution in [3.05, 3.63) is 140 Å². The smallest absolute Gasteiger partial charge is 0.265 e. The third-order valence-electron chi connectivity index (χ3n) is 8.61. The largest absolute Gasteiger partial charge is 0.494 e. The minimum Gasteiger partial charge on any atom is -0.494 e. The van der Waals surface area contributed by atoms with Crippen LogP contribution >= 0.6 is 0 Å². The Kier molecular flexibility index (Phi) is 10.4. The van der Waals surface area contributed by atoms with E-state index < -0.39 is 11.8 Å². The van der Waals surface area contributed by atoms with Crippen molar-refractivity contribution in [3.8, 4) is 23.1 Å². The zero-order valence-corrected chi connectivity index (χ0v) is 28.5. The molecule has 0 unspecified atom stereocenters. The van der Waals surface area contributed by atoms with E-state index in [0.717, 1.165) is 11.1 Å². The minimum atomic E-state index is -0.392. The van der Waals surface area contributed by atoms with E-state index in [0.29, 0.717) is 45.8 Å². The predicted octanol–water partition coefficient (Wildman–Crippen LogP) is 5.48. The standard InChI is InChI=1S/C40H36N6O6/c1-25-15-19-27(20-16-25)45-37(49)31-11-5-3-9-29(31)33(39(45)51)23-41-43-35(47)13-7-8-14-36(48)44-42-24-34-30-10-4-6-12-32(30)38(50)46(40(34)52)28-21-17-26(2)18-22-28/h3-6,9-12,15-24,51-52H,7-8,13-14H2,1-2H3,(H,43,47)(H,44,48)/b41-23+,42-24+. The van der Waals surface area contributed by atoms with E-state index in [1.165, 1.54) is 21.6 Å². The highest BCUT2D eigenvalue weighted by Crippen LogP contribution is 2.27. The van der Waals surface area contributed by atoms with Gasteiger partial charge in [0.1, 0.15) is 0 Å². The van der Waals surface area contributed by atoms with E-state index in [9.17, 15) is 29.4 Å². The predicted molar refractivity (Wildman–Crippen MR) is 202 cm³/mol. The van der Waals surface area contributed by atoms with Gasteiger partial charge >= 0.3 is 0 Å². The summed E-state index contributed by atoms with van der Waals surface area (Å²) in [4.78, 5) is 51.6. The number of hydrogen-bond donors (Lipinski definition) is 4.